The molecule has 2 aromatic rings. The van der Waals surface area contributed by atoms with Gasteiger partial charge < -0.3 is 16.0 Å². The molecule has 0 aliphatic heterocycles. The number of hydrogen-bond acceptors (Lipinski definition) is 3. The van der Waals surface area contributed by atoms with Crippen molar-refractivity contribution in [3.05, 3.63) is 30.1 Å². The standard InChI is InChI=1S/C16H24N4O/c1-4-16(5-2,10-17)15(21)18-11(3)14-19-12-8-6-7-9-13(12)20-14/h6-9,11H,4-5,10,17H2,1-3H3,(H,18,21)(H,19,20). The van der Waals surface area contributed by atoms with Gasteiger partial charge in [-0.15, -0.1) is 0 Å². The van der Waals surface area contributed by atoms with Gasteiger partial charge in [0.1, 0.15) is 5.82 Å². The fraction of sp³-hybridized carbons (Fsp3) is 0.500. The topological polar surface area (TPSA) is 83.8 Å². The molecule has 1 amide bonds. The highest BCUT2D eigenvalue weighted by Crippen LogP contribution is 2.26. The normalized spacial score (nSPS) is 13.3. The number of carbonyl (C=O) groups is 1. The number of aromatic amines is 1. The second kappa shape index (κ2) is 6.26. The maximum Gasteiger partial charge on any atom is 0.228 e. The third-order valence-corrected chi connectivity index (χ3v) is 4.39. The maximum absolute atomic E-state index is 12.5. The van der Waals surface area contributed by atoms with Gasteiger partial charge in [-0.25, -0.2) is 4.98 Å². The van der Waals surface area contributed by atoms with E-state index < -0.39 is 5.41 Å². The van der Waals surface area contributed by atoms with Crippen molar-refractivity contribution >= 4 is 16.9 Å². The van der Waals surface area contributed by atoms with Crippen molar-refractivity contribution in [2.75, 3.05) is 6.54 Å². The highest BCUT2D eigenvalue weighted by molar-refractivity contribution is 5.83. The van der Waals surface area contributed by atoms with Gasteiger partial charge in [0.25, 0.3) is 0 Å². The molecule has 1 heterocycles. The Morgan fingerprint density at radius 1 is 1.38 bits per heavy atom. The predicted molar refractivity (Wildman–Crippen MR) is 84.7 cm³/mol. The van der Waals surface area contributed by atoms with E-state index >= 15 is 0 Å². The Labute approximate surface area is 125 Å². The van der Waals surface area contributed by atoms with E-state index in [1.165, 1.54) is 0 Å². The van der Waals surface area contributed by atoms with Gasteiger partial charge in [-0.1, -0.05) is 26.0 Å². The lowest BCUT2D eigenvalue weighted by atomic mass is 9.81. The zero-order valence-electron chi connectivity index (χ0n) is 12.9. The minimum Gasteiger partial charge on any atom is -0.346 e. The van der Waals surface area contributed by atoms with Crippen LogP contribution in [-0.4, -0.2) is 22.4 Å². The SMILES string of the molecule is CCC(CC)(CN)C(=O)NC(C)c1nc2ccccc2[nH]1. The number of H-pyrrole nitrogens is 1. The number of nitrogens with one attached hydrogen (secondary N) is 2. The van der Waals surface area contributed by atoms with Crippen molar-refractivity contribution in [3.63, 3.8) is 0 Å². The number of aromatic nitrogens is 2. The number of nitrogens with zero attached hydrogens (tertiary/aromatic N) is 1. The first kappa shape index (κ1) is 15.5. The molecule has 0 saturated heterocycles. The number of para-hydroxylation sites is 2. The molecule has 5 nitrogen and oxygen atoms in total. The summed E-state index contributed by atoms with van der Waals surface area (Å²) in [5, 5.41) is 3.04. The van der Waals surface area contributed by atoms with E-state index in [9.17, 15) is 4.79 Å². The molecule has 0 saturated carbocycles. The smallest absolute Gasteiger partial charge is 0.228 e. The Morgan fingerprint density at radius 3 is 2.62 bits per heavy atom. The van der Waals surface area contributed by atoms with Gasteiger partial charge >= 0.3 is 0 Å². The molecule has 0 spiro atoms. The average molecular weight is 288 g/mol. The van der Waals surface area contributed by atoms with Gasteiger partial charge in [-0.2, -0.15) is 0 Å². The van der Waals surface area contributed by atoms with E-state index in [0.717, 1.165) is 29.7 Å². The maximum atomic E-state index is 12.5. The summed E-state index contributed by atoms with van der Waals surface area (Å²) in [5.41, 5.74) is 7.22. The van der Waals surface area contributed by atoms with Gasteiger partial charge in [0, 0.05) is 6.54 Å². The third kappa shape index (κ3) is 2.93. The van der Waals surface area contributed by atoms with Crippen LogP contribution < -0.4 is 11.1 Å². The van der Waals surface area contributed by atoms with Gasteiger partial charge in [0.2, 0.25) is 5.91 Å². The van der Waals surface area contributed by atoms with Crippen LogP contribution in [0.2, 0.25) is 0 Å². The van der Waals surface area contributed by atoms with Crippen LogP contribution in [-0.2, 0) is 4.79 Å². The molecule has 1 aromatic heterocycles. The number of benzene rings is 1. The number of rotatable bonds is 6. The molecule has 0 aliphatic rings. The summed E-state index contributed by atoms with van der Waals surface area (Å²) in [4.78, 5) is 20.3. The Morgan fingerprint density at radius 2 is 2.05 bits per heavy atom. The Balaban J connectivity index is 2.17. The molecule has 114 valence electrons. The summed E-state index contributed by atoms with van der Waals surface area (Å²) in [6.45, 7) is 6.30. The second-order valence-electron chi connectivity index (χ2n) is 5.53. The summed E-state index contributed by atoms with van der Waals surface area (Å²) >= 11 is 0. The van der Waals surface area contributed by atoms with E-state index in [1.807, 2.05) is 45.0 Å². The van der Waals surface area contributed by atoms with E-state index in [4.69, 9.17) is 5.73 Å². The second-order valence-corrected chi connectivity index (χ2v) is 5.53. The van der Waals surface area contributed by atoms with Crippen LogP contribution in [0.4, 0.5) is 0 Å². The molecule has 1 aromatic carbocycles. The lowest BCUT2D eigenvalue weighted by molar-refractivity contribution is -0.131. The molecule has 0 fully saturated rings. The van der Waals surface area contributed by atoms with E-state index in [0.29, 0.717) is 6.54 Å². The van der Waals surface area contributed by atoms with Gasteiger partial charge in [0.15, 0.2) is 0 Å². The van der Waals surface area contributed by atoms with Gasteiger partial charge in [0.05, 0.1) is 22.5 Å². The first-order chi connectivity index (χ1) is 10.1. The van der Waals surface area contributed by atoms with Gasteiger partial charge in [-0.3, -0.25) is 4.79 Å². The van der Waals surface area contributed by atoms with Crippen LogP contribution in [0.5, 0.6) is 0 Å². The van der Waals surface area contributed by atoms with Crippen LogP contribution >= 0.6 is 0 Å². The van der Waals surface area contributed by atoms with Crippen LogP contribution in [0.15, 0.2) is 24.3 Å². The Kier molecular flexibility index (Phi) is 4.63. The summed E-state index contributed by atoms with van der Waals surface area (Å²) in [7, 11) is 0. The highest BCUT2D eigenvalue weighted by Gasteiger charge is 2.34. The molecule has 0 aliphatic carbocycles. The van der Waals surface area contributed by atoms with E-state index in [-0.39, 0.29) is 11.9 Å². The molecule has 1 unspecified atom stereocenters. The number of nitrogens with two attached hydrogens (primary N) is 1. The average Bonchev–Trinajstić information content (AvgIpc) is 2.93. The quantitative estimate of drug-likeness (QED) is 0.763. The zero-order chi connectivity index (χ0) is 15.5. The minimum absolute atomic E-state index is 0.00274. The van der Waals surface area contributed by atoms with E-state index in [2.05, 4.69) is 15.3 Å². The molecule has 2 rings (SSSR count). The van der Waals surface area contributed by atoms with Crippen molar-refractivity contribution in [1.82, 2.24) is 15.3 Å². The number of imidazole rings is 1. The molecule has 0 bridgehead atoms. The Bertz CT molecular complexity index is 574. The minimum atomic E-state index is -0.486. The summed E-state index contributed by atoms with van der Waals surface area (Å²) < 4.78 is 0. The molecule has 1 atom stereocenters. The molecule has 0 radical (unpaired) electrons. The highest BCUT2D eigenvalue weighted by atomic mass is 16.2. The van der Waals surface area contributed by atoms with Gasteiger partial charge in [-0.05, 0) is 31.9 Å². The number of fused-ring (bicyclic) bond motifs is 1. The summed E-state index contributed by atoms with van der Waals surface area (Å²) in [5.74, 6) is 0.769. The van der Waals surface area contributed by atoms with E-state index in [1.54, 1.807) is 0 Å². The predicted octanol–water partition coefficient (Wildman–Crippen LogP) is 2.51. The first-order valence-corrected chi connectivity index (χ1v) is 7.52. The Hall–Kier alpha value is -1.88. The number of carbonyl (C=O) groups excluding carboxylic acids is 1. The summed E-state index contributed by atoms with van der Waals surface area (Å²) in [6.07, 6.45) is 1.47. The molecular weight excluding hydrogens is 264 g/mol. The zero-order valence-corrected chi connectivity index (χ0v) is 12.9. The number of amides is 1. The van der Waals surface area contributed by atoms with Crippen LogP contribution in [0.25, 0.3) is 11.0 Å². The fourth-order valence-corrected chi connectivity index (χ4v) is 2.55. The van der Waals surface area contributed by atoms with Crippen LogP contribution in [0.3, 0.4) is 0 Å². The van der Waals surface area contributed by atoms with Crippen molar-refractivity contribution in [1.29, 1.82) is 0 Å². The fourth-order valence-electron chi connectivity index (χ4n) is 2.55. The van der Waals surface area contributed by atoms with Crippen molar-refractivity contribution in [2.24, 2.45) is 11.1 Å². The monoisotopic (exact) mass is 288 g/mol. The molecule has 21 heavy (non-hydrogen) atoms. The third-order valence-electron chi connectivity index (χ3n) is 4.39. The lowest BCUT2D eigenvalue weighted by Crippen LogP contribution is -2.46. The largest absolute Gasteiger partial charge is 0.346 e. The first-order valence-electron chi connectivity index (χ1n) is 7.52. The summed E-state index contributed by atoms with van der Waals surface area (Å²) in [6, 6.07) is 7.66. The van der Waals surface area contributed by atoms with Crippen LogP contribution in [0, 0.1) is 5.41 Å². The van der Waals surface area contributed by atoms with Crippen molar-refractivity contribution in [3.8, 4) is 0 Å². The van der Waals surface area contributed by atoms with Crippen molar-refractivity contribution < 1.29 is 4.79 Å². The molecular formula is C16H24N4O. The molecule has 4 N–H and O–H groups in total. The number of hydrogen-bond donors (Lipinski definition) is 3. The molecule has 5 heteroatoms. The van der Waals surface area contributed by atoms with Crippen molar-refractivity contribution in [2.45, 2.75) is 39.7 Å². The lowest BCUT2D eigenvalue weighted by Gasteiger charge is -2.29. The van der Waals surface area contributed by atoms with Crippen LogP contribution in [0.1, 0.15) is 45.5 Å².